The number of ether oxygens (including phenoxy) is 2. The number of amides is 1. The Balaban J connectivity index is 1.88. The van der Waals surface area contributed by atoms with E-state index in [4.69, 9.17) is 9.47 Å². The van der Waals surface area contributed by atoms with E-state index in [0.717, 1.165) is 17.3 Å². The fraction of sp³-hybridized carbons (Fsp3) is 0.105. The summed E-state index contributed by atoms with van der Waals surface area (Å²) >= 11 is 1.14. The number of carboxylic acid groups (broad SMARTS) is 1. The lowest BCUT2D eigenvalue weighted by Crippen LogP contribution is -2.19. The zero-order valence-electron chi connectivity index (χ0n) is 14.6. The average molecular weight is 384 g/mol. The van der Waals surface area contributed by atoms with E-state index < -0.39 is 5.97 Å². The summed E-state index contributed by atoms with van der Waals surface area (Å²) in [6.45, 7) is 0. The van der Waals surface area contributed by atoms with E-state index in [9.17, 15) is 14.7 Å². The summed E-state index contributed by atoms with van der Waals surface area (Å²) in [5.41, 5.74) is 1.11. The first-order valence-electron chi connectivity index (χ1n) is 7.85. The number of aliphatic imine (C=N–C) groups is 1. The molecule has 1 amide bonds. The molecule has 27 heavy (non-hydrogen) atoms. The summed E-state index contributed by atoms with van der Waals surface area (Å²) in [6, 6.07) is 11.7. The van der Waals surface area contributed by atoms with E-state index in [1.807, 2.05) is 0 Å². The minimum atomic E-state index is -1.08. The molecule has 0 spiro atoms. The molecule has 0 saturated carbocycles. The number of aromatic carboxylic acids is 1. The summed E-state index contributed by atoms with van der Waals surface area (Å²) in [5.74, 6) is -0.234. The first-order chi connectivity index (χ1) is 13.0. The van der Waals surface area contributed by atoms with Gasteiger partial charge in [0.05, 0.1) is 30.4 Å². The van der Waals surface area contributed by atoms with Gasteiger partial charge in [-0.1, -0.05) is 18.2 Å². The van der Waals surface area contributed by atoms with Crippen LogP contribution in [-0.4, -0.2) is 36.4 Å². The Labute approximate surface area is 159 Å². The lowest BCUT2D eigenvalue weighted by molar-refractivity contribution is -0.115. The van der Waals surface area contributed by atoms with Gasteiger partial charge in [0, 0.05) is 0 Å². The van der Waals surface area contributed by atoms with Crippen molar-refractivity contribution in [2.24, 2.45) is 4.99 Å². The number of amidine groups is 1. The Hall–Kier alpha value is -3.26. The number of carbonyl (C=O) groups excluding carboxylic acids is 1. The maximum Gasteiger partial charge on any atom is 0.337 e. The molecular weight excluding hydrogens is 368 g/mol. The predicted molar refractivity (Wildman–Crippen MR) is 104 cm³/mol. The molecule has 0 atom stereocenters. The molecule has 0 radical (unpaired) electrons. The topological polar surface area (TPSA) is 97.2 Å². The lowest BCUT2D eigenvalue weighted by Gasteiger charge is -2.07. The summed E-state index contributed by atoms with van der Waals surface area (Å²) in [6.07, 6.45) is 1.70. The second kappa shape index (κ2) is 7.96. The molecule has 0 aliphatic carbocycles. The number of carbonyl (C=O) groups is 2. The molecule has 1 saturated heterocycles. The summed E-state index contributed by atoms with van der Waals surface area (Å²) in [4.78, 5) is 28.2. The maximum absolute atomic E-state index is 12.2. The first-order valence-corrected chi connectivity index (χ1v) is 8.67. The molecule has 0 bridgehead atoms. The van der Waals surface area contributed by atoms with Crippen molar-refractivity contribution in [1.82, 2.24) is 5.32 Å². The number of methoxy groups -OCH3 is 2. The van der Waals surface area contributed by atoms with Crippen molar-refractivity contribution in [3.63, 3.8) is 0 Å². The van der Waals surface area contributed by atoms with Crippen molar-refractivity contribution in [3.05, 3.63) is 58.5 Å². The van der Waals surface area contributed by atoms with Crippen molar-refractivity contribution >= 4 is 40.6 Å². The second-order valence-corrected chi connectivity index (χ2v) is 6.45. The average Bonchev–Trinajstić information content (AvgIpc) is 3.00. The van der Waals surface area contributed by atoms with E-state index in [0.29, 0.717) is 21.6 Å². The van der Waals surface area contributed by atoms with Crippen LogP contribution in [0.2, 0.25) is 0 Å². The number of benzene rings is 2. The van der Waals surface area contributed by atoms with E-state index in [-0.39, 0.29) is 17.2 Å². The molecule has 7 nitrogen and oxygen atoms in total. The van der Waals surface area contributed by atoms with E-state index in [2.05, 4.69) is 10.3 Å². The molecule has 1 aliphatic heterocycles. The monoisotopic (exact) mass is 384 g/mol. The van der Waals surface area contributed by atoms with Crippen LogP contribution in [0.4, 0.5) is 5.69 Å². The van der Waals surface area contributed by atoms with Gasteiger partial charge in [-0.2, -0.15) is 0 Å². The number of thioether (sulfide) groups is 1. The quantitative estimate of drug-likeness (QED) is 0.768. The third-order valence-corrected chi connectivity index (χ3v) is 4.62. The molecule has 1 fully saturated rings. The van der Waals surface area contributed by atoms with E-state index in [1.54, 1.807) is 49.6 Å². The van der Waals surface area contributed by atoms with Gasteiger partial charge in [-0.25, -0.2) is 9.79 Å². The van der Waals surface area contributed by atoms with Crippen molar-refractivity contribution < 1.29 is 24.2 Å². The Kier molecular flexibility index (Phi) is 5.46. The molecule has 3 rings (SSSR count). The zero-order chi connectivity index (χ0) is 19.4. The minimum Gasteiger partial charge on any atom is -0.493 e. The fourth-order valence-corrected chi connectivity index (χ4v) is 3.27. The first kappa shape index (κ1) is 18.5. The summed E-state index contributed by atoms with van der Waals surface area (Å²) < 4.78 is 10.5. The molecule has 0 aromatic heterocycles. The van der Waals surface area contributed by atoms with Gasteiger partial charge in [0.15, 0.2) is 16.7 Å². The molecule has 8 heteroatoms. The van der Waals surface area contributed by atoms with Crippen molar-refractivity contribution in [2.75, 3.05) is 14.2 Å². The molecule has 2 aromatic rings. The predicted octanol–water partition coefficient (Wildman–Crippen LogP) is 3.29. The van der Waals surface area contributed by atoms with Crippen molar-refractivity contribution in [3.8, 4) is 11.5 Å². The molecule has 138 valence electrons. The number of nitrogens with zero attached hydrogens (tertiary/aromatic N) is 1. The molecule has 2 N–H and O–H groups in total. The zero-order valence-corrected chi connectivity index (χ0v) is 15.4. The third kappa shape index (κ3) is 4.12. The highest BCUT2D eigenvalue weighted by molar-refractivity contribution is 8.18. The number of carboxylic acids is 1. The highest BCUT2D eigenvalue weighted by Gasteiger charge is 2.24. The van der Waals surface area contributed by atoms with Crippen LogP contribution >= 0.6 is 11.8 Å². The minimum absolute atomic E-state index is 0.0668. The van der Waals surface area contributed by atoms with Crippen LogP contribution in [0.3, 0.4) is 0 Å². The van der Waals surface area contributed by atoms with Gasteiger partial charge in [0.2, 0.25) is 0 Å². The van der Waals surface area contributed by atoms with Crippen LogP contribution in [-0.2, 0) is 4.79 Å². The maximum atomic E-state index is 12.2. The number of nitrogens with one attached hydrogen (secondary N) is 1. The van der Waals surface area contributed by atoms with Gasteiger partial charge >= 0.3 is 5.97 Å². The number of para-hydroxylation sites is 1. The highest BCUT2D eigenvalue weighted by atomic mass is 32.2. The van der Waals surface area contributed by atoms with Crippen LogP contribution < -0.4 is 14.8 Å². The normalized spacial score (nSPS) is 16.4. The largest absolute Gasteiger partial charge is 0.493 e. The van der Waals surface area contributed by atoms with Crippen LogP contribution in [0.25, 0.3) is 6.08 Å². The Bertz CT molecular complexity index is 968. The third-order valence-electron chi connectivity index (χ3n) is 3.71. The van der Waals surface area contributed by atoms with Gasteiger partial charge in [-0.15, -0.1) is 0 Å². The Morgan fingerprint density at radius 3 is 2.59 bits per heavy atom. The van der Waals surface area contributed by atoms with E-state index >= 15 is 0 Å². The summed E-state index contributed by atoms with van der Waals surface area (Å²) in [7, 11) is 3.09. The summed E-state index contributed by atoms with van der Waals surface area (Å²) in [5, 5.41) is 12.2. The van der Waals surface area contributed by atoms with Gasteiger partial charge in [-0.05, 0) is 47.7 Å². The van der Waals surface area contributed by atoms with E-state index in [1.165, 1.54) is 13.2 Å². The van der Waals surface area contributed by atoms with Crippen molar-refractivity contribution in [2.45, 2.75) is 0 Å². The molecule has 1 aliphatic rings. The fourth-order valence-electron chi connectivity index (χ4n) is 2.44. The van der Waals surface area contributed by atoms with Gasteiger partial charge < -0.3 is 19.9 Å². The SMILES string of the molecule is COc1ccc(C=C2SC(=Nc3ccccc3C(=O)O)NC2=O)cc1OC. The molecule has 0 unspecified atom stereocenters. The lowest BCUT2D eigenvalue weighted by atomic mass is 10.2. The molecule has 2 aromatic carbocycles. The Morgan fingerprint density at radius 1 is 1.15 bits per heavy atom. The number of hydrogen-bond acceptors (Lipinski definition) is 6. The number of rotatable bonds is 5. The second-order valence-electron chi connectivity index (χ2n) is 5.42. The standard InChI is InChI=1S/C19H16N2O5S/c1-25-14-8-7-11(9-15(14)26-2)10-16-17(22)21-19(27-16)20-13-6-4-3-5-12(13)18(23)24/h3-10H,1-2H3,(H,23,24)(H,20,21,22). The van der Waals surface area contributed by atoms with Crippen molar-refractivity contribution in [1.29, 1.82) is 0 Å². The van der Waals surface area contributed by atoms with Gasteiger partial charge in [0.25, 0.3) is 5.91 Å². The molecule has 1 heterocycles. The smallest absolute Gasteiger partial charge is 0.337 e. The van der Waals surface area contributed by atoms with Gasteiger partial charge in [-0.3, -0.25) is 4.79 Å². The van der Waals surface area contributed by atoms with Crippen LogP contribution in [0.5, 0.6) is 11.5 Å². The highest BCUT2D eigenvalue weighted by Crippen LogP contribution is 2.32. The van der Waals surface area contributed by atoms with Gasteiger partial charge in [0.1, 0.15) is 0 Å². The molecular formula is C19H16N2O5S. The Morgan fingerprint density at radius 2 is 1.89 bits per heavy atom. The van der Waals surface area contributed by atoms with Crippen LogP contribution in [0.1, 0.15) is 15.9 Å². The van der Waals surface area contributed by atoms with Crippen LogP contribution in [0.15, 0.2) is 52.4 Å². The van der Waals surface area contributed by atoms with Crippen LogP contribution in [0, 0.1) is 0 Å². The number of hydrogen-bond donors (Lipinski definition) is 2.